The van der Waals surface area contributed by atoms with Gasteiger partial charge in [-0.1, -0.05) is 12.1 Å². The number of nitriles is 1. The van der Waals surface area contributed by atoms with Gasteiger partial charge in [0.1, 0.15) is 23.7 Å². The van der Waals surface area contributed by atoms with Crippen molar-refractivity contribution in [1.82, 2.24) is 9.97 Å². The molecule has 5 heteroatoms. The van der Waals surface area contributed by atoms with Crippen LogP contribution in [0.1, 0.15) is 22.5 Å². The topological polar surface area (TPSA) is 82.7 Å². The van der Waals surface area contributed by atoms with E-state index in [1.165, 1.54) is 12.3 Å². The third-order valence-electron chi connectivity index (χ3n) is 4.48. The van der Waals surface area contributed by atoms with E-state index >= 15 is 0 Å². The van der Waals surface area contributed by atoms with E-state index in [0.717, 1.165) is 22.2 Å². The highest BCUT2D eigenvalue weighted by Gasteiger charge is 2.11. The molecule has 0 amide bonds. The number of para-hydroxylation sites is 1. The molecule has 0 radical (unpaired) electrons. The van der Waals surface area contributed by atoms with E-state index in [1.807, 2.05) is 26.0 Å². The third-order valence-corrected chi connectivity index (χ3v) is 4.48. The molecule has 2 heterocycles. The highest BCUT2D eigenvalue weighted by atomic mass is 16.3. The van der Waals surface area contributed by atoms with Gasteiger partial charge in [-0.15, -0.1) is 0 Å². The van der Waals surface area contributed by atoms with Crippen molar-refractivity contribution in [3.63, 3.8) is 0 Å². The Kier molecular flexibility index (Phi) is 3.67. The van der Waals surface area contributed by atoms with Crippen molar-refractivity contribution in [2.45, 2.75) is 13.8 Å². The van der Waals surface area contributed by atoms with E-state index < -0.39 is 0 Å². The highest BCUT2D eigenvalue weighted by molar-refractivity contribution is 5.91. The molecule has 5 nitrogen and oxygen atoms in total. The third kappa shape index (κ3) is 2.58. The molecule has 0 aliphatic rings. The molecule has 0 fully saturated rings. The van der Waals surface area contributed by atoms with Gasteiger partial charge in [0.2, 0.25) is 0 Å². The molecule has 0 aliphatic carbocycles. The molecule has 2 aromatic heterocycles. The zero-order valence-corrected chi connectivity index (χ0v) is 14.3. The van der Waals surface area contributed by atoms with E-state index in [1.54, 1.807) is 24.3 Å². The number of allylic oxidation sites excluding steroid dienone is 1. The average molecular weight is 341 g/mol. The minimum Gasteiger partial charge on any atom is -0.463 e. The van der Waals surface area contributed by atoms with Crippen LogP contribution in [0.4, 0.5) is 0 Å². The van der Waals surface area contributed by atoms with E-state index in [2.05, 4.69) is 16.0 Å². The first-order valence-corrected chi connectivity index (χ1v) is 8.16. The summed E-state index contributed by atoms with van der Waals surface area (Å²) in [6, 6.07) is 13.1. The van der Waals surface area contributed by atoms with Gasteiger partial charge in [0.25, 0.3) is 0 Å². The number of benzene rings is 2. The highest BCUT2D eigenvalue weighted by Crippen LogP contribution is 2.22. The summed E-state index contributed by atoms with van der Waals surface area (Å²) in [6.07, 6.45) is 2.88. The first-order valence-electron chi connectivity index (χ1n) is 8.16. The summed E-state index contributed by atoms with van der Waals surface area (Å²) in [5.41, 5.74) is 4.85. The lowest BCUT2D eigenvalue weighted by atomic mass is 10.1. The predicted molar refractivity (Wildman–Crippen MR) is 102 cm³/mol. The molecule has 126 valence electrons. The van der Waals surface area contributed by atoms with Crippen LogP contribution in [0.25, 0.3) is 33.7 Å². The SMILES string of the molecule is Cc1cc2nc(/C(C#N)=C/c3coc4ccccc4c3=O)[nH]c2cc1C. The van der Waals surface area contributed by atoms with Gasteiger partial charge in [-0.2, -0.15) is 5.26 Å². The fraction of sp³-hybridized carbons (Fsp3) is 0.0952. The van der Waals surface area contributed by atoms with Gasteiger partial charge in [0.05, 0.1) is 27.6 Å². The maximum absolute atomic E-state index is 12.6. The van der Waals surface area contributed by atoms with Gasteiger partial charge < -0.3 is 9.40 Å². The molecule has 0 unspecified atom stereocenters. The average Bonchev–Trinajstić information content (AvgIpc) is 3.04. The Bertz CT molecular complexity index is 1250. The molecule has 0 saturated carbocycles. The number of imidazole rings is 1. The molecule has 0 saturated heterocycles. The molecule has 0 aliphatic heterocycles. The monoisotopic (exact) mass is 341 g/mol. The Labute approximate surface area is 149 Å². The van der Waals surface area contributed by atoms with E-state index in [0.29, 0.717) is 22.4 Å². The van der Waals surface area contributed by atoms with E-state index in [-0.39, 0.29) is 11.0 Å². The van der Waals surface area contributed by atoms with Crippen LogP contribution in [0.2, 0.25) is 0 Å². The summed E-state index contributed by atoms with van der Waals surface area (Å²) in [5, 5.41) is 10.0. The second kappa shape index (κ2) is 6.01. The number of H-pyrrole nitrogens is 1. The normalized spacial score (nSPS) is 11.8. The van der Waals surface area contributed by atoms with Crippen LogP contribution in [-0.2, 0) is 0 Å². The van der Waals surface area contributed by atoms with Crippen molar-refractivity contribution >= 4 is 33.7 Å². The Morgan fingerprint density at radius 2 is 2.00 bits per heavy atom. The van der Waals surface area contributed by atoms with Crippen LogP contribution in [0.3, 0.4) is 0 Å². The molecule has 4 rings (SSSR count). The number of aromatic nitrogens is 2. The molecule has 0 spiro atoms. The Morgan fingerprint density at radius 3 is 2.81 bits per heavy atom. The molecule has 0 atom stereocenters. The first kappa shape index (κ1) is 15.9. The predicted octanol–water partition coefficient (Wildman–Crippen LogP) is 4.35. The second-order valence-corrected chi connectivity index (χ2v) is 6.23. The number of aryl methyl sites for hydroxylation is 2. The molecular formula is C21H15N3O2. The summed E-state index contributed by atoms with van der Waals surface area (Å²) in [6.45, 7) is 4.04. The fourth-order valence-corrected chi connectivity index (χ4v) is 2.90. The quantitative estimate of drug-likeness (QED) is 0.549. The van der Waals surface area contributed by atoms with Gasteiger partial charge in [-0.25, -0.2) is 4.98 Å². The minimum absolute atomic E-state index is 0.178. The summed E-state index contributed by atoms with van der Waals surface area (Å²) in [4.78, 5) is 20.3. The summed E-state index contributed by atoms with van der Waals surface area (Å²) in [5.74, 6) is 0.431. The van der Waals surface area contributed by atoms with Crippen molar-refractivity contribution in [2.24, 2.45) is 0 Å². The summed E-state index contributed by atoms with van der Waals surface area (Å²) < 4.78 is 5.51. The van der Waals surface area contributed by atoms with Crippen molar-refractivity contribution < 1.29 is 4.42 Å². The molecular weight excluding hydrogens is 326 g/mol. The van der Waals surface area contributed by atoms with E-state index in [4.69, 9.17) is 4.42 Å². The number of nitrogens with zero attached hydrogens (tertiary/aromatic N) is 2. The Hall–Kier alpha value is -3.65. The number of hydrogen-bond acceptors (Lipinski definition) is 4. The second-order valence-electron chi connectivity index (χ2n) is 6.23. The largest absolute Gasteiger partial charge is 0.463 e. The molecule has 1 N–H and O–H groups in total. The molecule has 0 bridgehead atoms. The summed E-state index contributed by atoms with van der Waals surface area (Å²) >= 11 is 0. The van der Waals surface area contributed by atoms with Crippen molar-refractivity contribution in [3.05, 3.63) is 75.4 Å². The van der Waals surface area contributed by atoms with Crippen LogP contribution in [0.15, 0.2) is 51.9 Å². The number of aromatic amines is 1. The minimum atomic E-state index is -0.178. The van der Waals surface area contributed by atoms with Crippen molar-refractivity contribution in [2.75, 3.05) is 0 Å². The number of nitrogens with one attached hydrogen (secondary N) is 1. The lowest BCUT2D eigenvalue weighted by Crippen LogP contribution is -2.05. The summed E-state index contributed by atoms with van der Waals surface area (Å²) in [7, 11) is 0. The molecule has 4 aromatic rings. The zero-order valence-electron chi connectivity index (χ0n) is 14.3. The lowest BCUT2D eigenvalue weighted by Gasteiger charge is -1.98. The van der Waals surface area contributed by atoms with Gasteiger partial charge in [-0.3, -0.25) is 4.79 Å². The first-order chi connectivity index (χ1) is 12.6. The van der Waals surface area contributed by atoms with E-state index in [9.17, 15) is 10.1 Å². The number of hydrogen-bond donors (Lipinski definition) is 1. The standard InChI is InChI=1S/C21H15N3O2/c1-12-7-17-18(8-13(12)2)24-21(23-17)14(10-22)9-15-11-26-19-6-4-3-5-16(19)20(15)25/h3-9,11H,1-2H3,(H,23,24)/b14-9+. The maximum Gasteiger partial charge on any atom is 0.199 e. The van der Waals surface area contributed by atoms with Gasteiger partial charge in [-0.05, 0) is 55.3 Å². The van der Waals surface area contributed by atoms with Crippen LogP contribution in [0.5, 0.6) is 0 Å². The smallest absolute Gasteiger partial charge is 0.199 e. The Morgan fingerprint density at radius 1 is 1.23 bits per heavy atom. The number of fused-ring (bicyclic) bond motifs is 2. The molecule has 2 aromatic carbocycles. The van der Waals surface area contributed by atoms with Crippen molar-refractivity contribution in [1.29, 1.82) is 5.26 Å². The van der Waals surface area contributed by atoms with Crippen LogP contribution in [0, 0.1) is 25.2 Å². The van der Waals surface area contributed by atoms with Gasteiger partial charge in [0, 0.05) is 0 Å². The molecule has 26 heavy (non-hydrogen) atoms. The fourth-order valence-electron chi connectivity index (χ4n) is 2.90. The zero-order chi connectivity index (χ0) is 18.3. The van der Waals surface area contributed by atoms with Gasteiger partial charge >= 0.3 is 0 Å². The van der Waals surface area contributed by atoms with Crippen LogP contribution < -0.4 is 5.43 Å². The Balaban J connectivity index is 1.87. The van der Waals surface area contributed by atoms with Crippen molar-refractivity contribution in [3.8, 4) is 6.07 Å². The van der Waals surface area contributed by atoms with Crippen LogP contribution in [-0.4, -0.2) is 9.97 Å². The van der Waals surface area contributed by atoms with Gasteiger partial charge in [0.15, 0.2) is 5.43 Å². The lowest BCUT2D eigenvalue weighted by molar-refractivity contribution is 0.601. The number of rotatable bonds is 2. The maximum atomic E-state index is 12.6. The van der Waals surface area contributed by atoms with Crippen LogP contribution >= 0.6 is 0 Å².